The van der Waals surface area contributed by atoms with Crippen molar-refractivity contribution < 1.29 is 9.60 Å². The lowest BCUT2D eigenvalue weighted by atomic mass is 9.99. The molecule has 0 radical (unpaired) electrons. The van der Waals surface area contributed by atoms with E-state index in [1.165, 1.54) is 12.1 Å². The molecule has 3 heteroatoms. The predicted molar refractivity (Wildman–Crippen MR) is 64.1 cm³/mol. The standard InChI is InChI=1S/C13H16FNO/c1-9(2)13(15-16)10(3)8-11-4-6-12(14)7-5-11/h4-9,16H,1-3H3/b10-8+,15-13+. The minimum atomic E-state index is -0.255. The minimum absolute atomic E-state index is 0.154. The van der Waals surface area contributed by atoms with Gasteiger partial charge in [0.25, 0.3) is 0 Å². The van der Waals surface area contributed by atoms with Crippen LogP contribution in [0.25, 0.3) is 6.08 Å². The third kappa shape index (κ3) is 3.19. The molecular formula is C13H16FNO. The summed E-state index contributed by atoms with van der Waals surface area (Å²) in [7, 11) is 0. The second kappa shape index (κ2) is 5.45. The van der Waals surface area contributed by atoms with Crippen molar-refractivity contribution in [1.29, 1.82) is 0 Å². The molecule has 0 heterocycles. The molecule has 0 aliphatic carbocycles. The average Bonchev–Trinajstić information content (AvgIpc) is 2.22. The van der Waals surface area contributed by atoms with Crippen LogP contribution >= 0.6 is 0 Å². The van der Waals surface area contributed by atoms with Gasteiger partial charge in [0.15, 0.2) is 0 Å². The number of hydrogen-bond donors (Lipinski definition) is 1. The molecule has 1 aromatic rings. The van der Waals surface area contributed by atoms with Gasteiger partial charge in [0, 0.05) is 0 Å². The predicted octanol–water partition coefficient (Wildman–Crippen LogP) is 3.72. The largest absolute Gasteiger partial charge is 0.411 e. The summed E-state index contributed by atoms with van der Waals surface area (Å²) in [6, 6.07) is 6.19. The van der Waals surface area contributed by atoms with Gasteiger partial charge < -0.3 is 5.21 Å². The van der Waals surface area contributed by atoms with Gasteiger partial charge >= 0.3 is 0 Å². The van der Waals surface area contributed by atoms with Crippen LogP contribution in [-0.2, 0) is 0 Å². The van der Waals surface area contributed by atoms with Gasteiger partial charge in [-0.05, 0) is 36.1 Å². The molecule has 1 rings (SSSR count). The first-order valence-electron chi connectivity index (χ1n) is 5.20. The van der Waals surface area contributed by atoms with Gasteiger partial charge in [-0.1, -0.05) is 37.2 Å². The Kier molecular flexibility index (Phi) is 4.23. The molecule has 2 nitrogen and oxygen atoms in total. The quantitative estimate of drug-likeness (QED) is 0.471. The lowest BCUT2D eigenvalue weighted by molar-refractivity contribution is 0.316. The minimum Gasteiger partial charge on any atom is -0.411 e. The number of halogens is 1. The van der Waals surface area contributed by atoms with E-state index >= 15 is 0 Å². The van der Waals surface area contributed by atoms with E-state index < -0.39 is 0 Å². The average molecular weight is 221 g/mol. The molecule has 0 aliphatic rings. The van der Waals surface area contributed by atoms with Crippen LogP contribution in [0.4, 0.5) is 4.39 Å². The molecule has 0 saturated carbocycles. The highest BCUT2D eigenvalue weighted by Gasteiger charge is 2.07. The van der Waals surface area contributed by atoms with Gasteiger partial charge in [-0.15, -0.1) is 0 Å². The maximum absolute atomic E-state index is 12.7. The van der Waals surface area contributed by atoms with Gasteiger partial charge in [-0.3, -0.25) is 0 Å². The van der Waals surface area contributed by atoms with E-state index in [4.69, 9.17) is 5.21 Å². The van der Waals surface area contributed by atoms with E-state index in [0.717, 1.165) is 11.1 Å². The first kappa shape index (κ1) is 12.4. The summed E-state index contributed by atoms with van der Waals surface area (Å²) in [6.07, 6.45) is 1.87. The smallest absolute Gasteiger partial charge is 0.123 e. The molecule has 0 atom stereocenters. The molecular weight excluding hydrogens is 205 g/mol. The first-order chi connectivity index (χ1) is 7.54. The van der Waals surface area contributed by atoms with E-state index in [9.17, 15) is 4.39 Å². The van der Waals surface area contributed by atoms with Crippen LogP contribution in [0.15, 0.2) is 35.0 Å². The third-order valence-corrected chi connectivity index (χ3v) is 2.31. The second-order valence-corrected chi connectivity index (χ2v) is 4.02. The van der Waals surface area contributed by atoms with E-state index in [1.807, 2.05) is 26.8 Å². The molecule has 0 aliphatic heterocycles. The monoisotopic (exact) mass is 221 g/mol. The van der Waals surface area contributed by atoms with Crippen molar-refractivity contribution in [2.45, 2.75) is 20.8 Å². The van der Waals surface area contributed by atoms with Crippen LogP contribution in [-0.4, -0.2) is 10.9 Å². The fourth-order valence-electron chi connectivity index (χ4n) is 1.53. The zero-order chi connectivity index (χ0) is 12.1. The summed E-state index contributed by atoms with van der Waals surface area (Å²) < 4.78 is 12.7. The summed E-state index contributed by atoms with van der Waals surface area (Å²) >= 11 is 0. The Bertz CT molecular complexity index is 404. The van der Waals surface area contributed by atoms with Crippen molar-refractivity contribution >= 4 is 11.8 Å². The van der Waals surface area contributed by atoms with Crippen molar-refractivity contribution in [1.82, 2.24) is 0 Å². The summed E-state index contributed by atoms with van der Waals surface area (Å²) in [5.74, 6) is -0.101. The van der Waals surface area contributed by atoms with E-state index in [2.05, 4.69) is 5.16 Å². The van der Waals surface area contributed by atoms with Crippen LogP contribution in [0.3, 0.4) is 0 Å². The Morgan fingerprint density at radius 2 is 1.88 bits per heavy atom. The van der Waals surface area contributed by atoms with Crippen molar-refractivity contribution in [3.63, 3.8) is 0 Å². The van der Waals surface area contributed by atoms with E-state index in [0.29, 0.717) is 5.71 Å². The Balaban J connectivity index is 2.96. The Hall–Kier alpha value is -1.64. The summed E-state index contributed by atoms with van der Waals surface area (Å²) in [5, 5.41) is 12.2. The maximum Gasteiger partial charge on any atom is 0.123 e. The summed E-state index contributed by atoms with van der Waals surface area (Å²) in [6.45, 7) is 5.78. The Morgan fingerprint density at radius 1 is 1.31 bits per heavy atom. The van der Waals surface area contributed by atoms with Gasteiger partial charge in [0.05, 0.1) is 5.71 Å². The highest BCUT2D eigenvalue weighted by molar-refractivity contribution is 6.03. The number of oxime groups is 1. The molecule has 0 unspecified atom stereocenters. The zero-order valence-corrected chi connectivity index (χ0v) is 9.74. The van der Waals surface area contributed by atoms with Crippen LogP contribution in [0.5, 0.6) is 0 Å². The molecule has 0 aromatic heterocycles. The SMILES string of the molecule is CC(=C\c1ccc(F)cc1)/C(=N/O)C(C)C. The third-order valence-electron chi connectivity index (χ3n) is 2.31. The maximum atomic E-state index is 12.7. The van der Waals surface area contributed by atoms with E-state index in [-0.39, 0.29) is 11.7 Å². The molecule has 1 N–H and O–H groups in total. The Morgan fingerprint density at radius 3 is 2.31 bits per heavy atom. The van der Waals surface area contributed by atoms with Crippen LogP contribution in [0.2, 0.25) is 0 Å². The van der Waals surface area contributed by atoms with Crippen LogP contribution in [0, 0.1) is 11.7 Å². The number of nitrogens with zero attached hydrogens (tertiary/aromatic N) is 1. The highest BCUT2D eigenvalue weighted by atomic mass is 19.1. The van der Waals surface area contributed by atoms with Crippen molar-refractivity contribution in [3.05, 3.63) is 41.2 Å². The van der Waals surface area contributed by atoms with Gasteiger partial charge in [0.2, 0.25) is 0 Å². The van der Waals surface area contributed by atoms with Gasteiger partial charge in [-0.2, -0.15) is 0 Å². The number of allylic oxidation sites excluding steroid dienone is 1. The molecule has 0 fully saturated rings. The van der Waals surface area contributed by atoms with Gasteiger partial charge in [-0.25, -0.2) is 4.39 Å². The van der Waals surface area contributed by atoms with Crippen molar-refractivity contribution in [2.24, 2.45) is 11.1 Å². The van der Waals surface area contributed by atoms with Gasteiger partial charge in [0.1, 0.15) is 5.82 Å². The van der Waals surface area contributed by atoms with E-state index in [1.54, 1.807) is 12.1 Å². The second-order valence-electron chi connectivity index (χ2n) is 4.02. The molecule has 0 spiro atoms. The van der Waals surface area contributed by atoms with Crippen molar-refractivity contribution in [2.75, 3.05) is 0 Å². The molecule has 16 heavy (non-hydrogen) atoms. The number of hydrogen-bond acceptors (Lipinski definition) is 2. The molecule has 0 amide bonds. The highest BCUT2D eigenvalue weighted by Crippen LogP contribution is 2.13. The number of rotatable bonds is 3. The first-order valence-corrected chi connectivity index (χ1v) is 5.20. The lowest BCUT2D eigenvalue weighted by Crippen LogP contribution is -2.08. The summed E-state index contributed by atoms with van der Waals surface area (Å²) in [4.78, 5) is 0. The van der Waals surface area contributed by atoms with Crippen LogP contribution < -0.4 is 0 Å². The normalized spacial score (nSPS) is 13.3. The topological polar surface area (TPSA) is 32.6 Å². The lowest BCUT2D eigenvalue weighted by Gasteiger charge is -2.08. The van der Waals surface area contributed by atoms with Crippen LogP contribution in [0.1, 0.15) is 26.3 Å². The molecule has 0 saturated heterocycles. The molecule has 0 bridgehead atoms. The summed E-state index contributed by atoms with van der Waals surface area (Å²) in [5.41, 5.74) is 2.41. The molecule has 1 aromatic carbocycles. The number of benzene rings is 1. The Labute approximate surface area is 95.1 Å². The fraction of sp³-hybridized carbons (Fsp3) is 0.308. The molecule has 86 valence electrons. The fourth-order valence-corrected chi connectivity index (χ4v) is 1.53. The zero-order valence-electron chi connectivity index (χ0n) is 9.74. The van der Waals surface area contributed by atoms with Crippen molar-refractivity contribution in [3.8, 4) is 0 Å².